The fraction of sp³-hybridized carbons (Fsp3) is 1.00. The number of hydrogen-bond acceptors (Lipinski definition) is 3. The molecule has 4 atom stereocenters. The summed E-state index contributed by atoms with van der Waals surface area (Å²) >= 11 is 0. The molecule has 2 rings (SSSR count). The molecule has 1 aliphatic carbocycles. The van der Waals surface area contributed by atoms with E-state index in [0.29, 0.717) is 0 Å². The van der Waals surface area contributed by atoms with Gasteiger partial charge < -0.3 is 10.6 Å². The third kappa shape index (κ3) is 4.43. The summed E-state index contributed by atoms with van der Waals surface area (Å²) in [6, 6.07) is 1.50. The average Bonchev–Trinajstić information content (AvgIpc) is 2.94. The van der Waals surface area contributed by atoms with Gasteiger partial charge in [-0.1, -0.05) is 33.1 Å². The van der Waals surface area contributed by atoms with Crippen LogP contribution in [-0.2, 0) is 0 Å². The number of nitrogens with zero attached hydrogens (tertiary/aromatic N) is 2. The average molecular weight is 296 g/mol. The van der Waals surface area contributed by atoms with Crippen LogP contribution in [0.1, 0.15) is 58.8 Å². The summed E-state index contributed by atoms with van der Waals surface area (Å²) in [4.78, 5) is 5.33. The van der Waals surface area contributed by atoms with Crippen molar-refractivity contribution in [2.45, 2.75) is 70.9 Å². The molecule has 0 spiro atoms. The maximum Gasteiger partial charge on any atom is 0.0223 e. The molecule has 3 nitrogen and oxygen atoms in total. The molecule has 0 amide bonds. The molecular weight excluding hydrogens is 258 g/mol. The highest BCUT2D eigenvalue weighted by Crippen LogP contribution is 2.34. The Kier molecular flexibility index (Phi) is 6.97. The van der Waals surface area contributed by atoms with Crippen LogP contribution in [0.2, 0.25) is 0 Å². The van der Waals surface area contributed by atoms with Crippen molar-refractivity contribution in [1.82, 2.24) is 9.80 Å². The van der Waals surface area contributed by atoms with E-state index in [1.54, 1.807) is 0 Å². The van der Waals surface area contributed by atoms with Crippen molar-refractivity contribution in [3.63, 3.8) is 0 Å². The summed E-state index contributed by atoms with van der Waals surface area (Å²) in [6.07, 6.45) is 9.65. The maximum atomic E-state index is 6.08. The number of nitrogens with two attached hydrogens (primary N) is 1. The fourth-order valence-corrected chi connectivity index (χ4v) is 4.77. The Morgan fingerprint density at radius 3 is 2.67 bits per heavy atom. The van der Waals surface area contributed by atoms with Crippen molar-refractivity contribution in [2.24, 2.45) is 17.6 Å². The molecule has 1 aliphatic heterocycles. The van der Waals surface area contributed by atoms with Gasteiger partial charge in [0.1, 0.15) is 0 Å². The van der Waals surface area contributed by atoms with E-state index in [0.717, 1.165) is 30.5 Å². The fourth-order valence-electron chi connectivity index (χ4n) is 4.77. The molecule has 4 unspecified atom stereocenters. The van der Waals surface area contributed by atoms with Crippen molar-refractivity contribution >= 4 is 0 Å². The van der Waals surface area contributed by atoms with Gasteiger partial charge in [-0.15, -0.1) is 0 Å². The summed E-state index contributed by atoms with van der Waals surface area (Å²) in [5.74, 6) is 1.66. The Balaban J connectivity index is 1.92. The van der Waals surface area contributed by atoms with Gasteiger partial charge >= 0.3 is 0 Å². The Hall–Kier alpha value is -0.120. The third-order valence-electron chi connectivity index (χ3n) is 6.03. The van der Waals surface area contributed by atoms with E-state index in [4.69, 9.17) is 5.73 Å². The molecular formula is C18H37N3. The molecule has 0 bridgehead atoms. The minimum absolute atomic E-state index is 0.722. The number of hydrogen-bond donors (Lipinski definition) is 1. The first-order valence-corrected chi connectivity index (χ1v) is 9.33. The van der Waals surface area contributed by atoms with Crippen LogP contribution >= 0.6 is 0 Å². The molecule has 0 aromatic carbocycles. The topological polar surface area (TPSA) is 32.5 Å². The van der Waals surface area contributed by atoms with Crippen LogP contribution in [0, 0.1) is 11.8 Å². The minimum Gasteiger partial charge on any atom is -0.330 e. The van der Waals surface area contributed by atoms with Crippen LogP contribution < -0.4 is 5.73 Å². The van der Waals surface area contributed by atoms with Gasteiger partial charge in [0.05, 0.1) is 0 Å². The zero-order valence-electron chi connectivity index (χ0n) is 14.6. The van der Waals surface area contributed by atoms with Crippen LogP contribution in [0.5, 0.6) is 0 Å². The second kappa shape index (κ2) is 8.50. The molecule has 21 heavy (non-hydrogen) atoms. The molecule has 2 N–H and O–H groups in total. The van der Waals surface area contributed by atoms with Crippen molar-refractivity contribution in [2.75, 3.05) is 33.2 Å². The predicted octanol–water partition coefficient (Wildman–Crippen LogP) is 2.95. The first-order valence-electron chi connectivity index (χ1n) is 9.33. The highest BCUT2D eigenvalue weighted by Gasteiger charge is 2.34. The Labute approximate surface area is 132 Å². The first-order chi connectivity index (χ1) is 10.2. The number of rotatable bonds is 7. The highest BCUT2D eigenvalue weighted by atomic mass is 15.2. The normalized spacial score (nSPS) is 34.7. The first kappa shape index (κ1) is 17.2. The smallest absolute Gasteiger partial charge is 0.0223 e. The lowest BCUT2D eigenvalue weighted by molar-refractivity contribution is 0.0782. The predicted molar refractivity (Wildman–Crippen MR) is 91.5 cm³/mol. The molecule has 0 aromatic rings. The lowest BCUT2D eigenvalue weighted by atomic mass is 9.76. The van der Waals surface area contributed by atoms with E-state index in [1.807, 2.05) is 0 Å². The van der Waals surface area contributed by atoms with Gasteiger partial charge in [-0.2, -0.15) is 0 Å². The monoisotopic (exact) mass is 295 g/mol. The molecule has 3 heteroatoms. The van der Waals surface area contributed by atoms with Crippen molar-refractivity contribution in [1.29, 1.82) is 0 Å². The van der Waals surface area contributed by atoms with E-state index < -0.39 is 0 Å². The molecule has 2 aliphatic rings. The van der Waals surface area contributed by atoms with Crippen LogP contribution in [-0.4, -0.2) is 55.1 Å². The van der Waals surface area contributed by atoms with Crippen LogP contribution in [0.25, 0.3) is 0 Å². The summed E-state index contributed by atoms with van der Waals surface area (Å²) in [7, 11) is 2.35. The quantitative estimate of drug-likeness (QED) is 0.784. The zero-order valence-corrected chi connectivity index (χ0v) is 14.6. The van der Waals surface area contributed by atoms with Gasteiger partial charge in [0.15, 0.2) is 0 Å². The number of likely N-dealkylation sites (tertiary alicyclic amines) is 1. The summed E-state index contributed by atoms with van der Waals surface area (Å²) in [5, 5.41) is 0. The van der Waals surface area contributed by atoms with Gasteiger partial charge in [0, 0.05) is 18.6 Å². The van der Waals surface area contributed by atoms with Crippen molar-refractivity contribution in [3.8, 4) is 0 Å². The molecule has 124 valence electrons. The van der Waals surface area contributed by atoms with E-state index in [9.17, 15) is 0 Å². The summed E-state index contributed by atoms with van der Waals surface area (Å²) in [5.41, 5.74) is 6.08. The largest absolute Gasteiger partial charge is 0.330 e. The molecule has 2 fully saturated rings. The highest BCUT2D eigenvalue weighted by molar-refractivity contribution is 4.89. The third-order valence-corrected chi connectivity index (χ3v) is 6.03. The molecule has 0 aromatic heterocycles. The van der Waals surface area contributed by atoms with E-state index >= 15 is 0 Å². The second-order valence-electron chi connectivity index (χ2n) is 7.40. The molecule has 1 saturated carbocycles. The van der Waals surface area contributed by atoms with Crippen LogP contribution in [0.3, 0.4) is 0 Å². The van der Waals surface area contributed by atoms with Crippen LogP contribution in [0.15, 0.2) is 0 Å². The number of likely N-dealkylation sites (N-methyl/N-ethyl adjacent to an activating group) is 2. The van der Waals surface area contributed by atoms with Gasteiger partial charge in [0.25, 0.3) is 0 Å². The zero-order chi connectivity index (χ0) is 15.2. The lowest BCUT2D eigenvalue weighted by Gasteiger charge is -2.42. The van der Waals surface area contributed by atoms with Gasteiger partial charge in [-0.05, 0) is 64.2 Å². The van der Waals surface area contributed by atoms with Crippen molar-refractivity contribution < 1.29 is 0 Å². The standard InChI is InChI=1S/C18H37N3/c1-4-7-15-9-10-16(13-19)18(12-15)20(3)14-17-8-6-11-21(17)5-2/h15-18H,4-14,19H2,1-3H3. The Morgan fingerprint density at radius 1 is 1.19 bits per heavy atom. The minimum atomic E-state index is 0.722. The van der Waals surface area contributed by atoms with E-state index in [-0.39, 0.29) is 0 Å². The Morgan fingerprint density at radius 2 is 2.00 bits per heavy atom. The molecule has 1 saturated heterocycles. The lowest BCUT2D eigenvalue weighted by Crippen LogP contribution is -2.49. The van der Waals surface area contributed by atoms with E-state index in [1.165, 1.54) is 64.6 Å². The summed E-state index contributed by atoms with van der Waals surface area (Å²) in [6.45, 7) is 9.26. The van der Waals surface area contributed by atoms with Gasteiger partial charge in [-0.25, -0.2) is 0 Å². The summed E-state index contributed by atoms with van der Waals surface area (Å²) < 4.78 is 0. The van der Waals surface area contributed by atoms with Gasteiger partial charge in [0.2, 0.25) is 0 Å². The van der Waals surface area contributed by atoms with E-state index in [2.05, 4.69) is 30.7 Å². The van der Waals surface area contributed by atoms with Crippen LogP contribution in [0.4, 0.5) is 0 Å². The molecule has 1 heterocycles. The van der Waals surface area contributed by atoms with Crippen molar-refractivity contribution in [3.05, 3.63) is 0 Å². The second-order valence-corrected chi connectivity index (χ2v) is 7.40. The Bertz CT molecular complexity index is 294. The van der Waals surface area contributed by atoms with Gasteiger partial charge in [-0.3, -0.25) is 4.90 Å². The SMILES string of the molecule is CCCC1CCC(CN)C(N(C)CC2CCCN2CC)C1. The molecule has 0 radical (unpaired) electrons. The maximum absolute atomic E-state index is 6.08.